The summed E-state index contributed by atoms with van der Waals surface area (Å²) in [6, 6.07) is 12.3. The van der Waals surface area contributed by atoms with Gasteiger partial charge in [-0.05, 0) is 32.0 Å². The molecule has 1 amide bonds. The minimum Gasteiger partial charge on any atom is -0.368 e. The fourth-order valence-corrected chi connectivity index (χ4v) is 2.67. The fraction of sp³-hybridized carbons (Fsp3) is 0.294. The van der Waals surface area contributed by atoms with Crippen molar-refractivity contribution in [2.45, 2.75) is 20.3 Å². The number of amides is 1. The van der Waals surface area contributed by atoms with Gasteiger partial charge in [-0.1, -0.05) is 23.8 Å². The Bertz CT molecular complexity index is 681. The number of benzene rings is 1. The number of anilines is 2. The molecule has 0 saturated heterocycles. The monoisotopic (exact) mass is 281 g/mol. The summed E-state index contributed by atoms with van der Waals surface area (Å²) in [4.78, 5) is 18.6. The molecule has 0 aliphatic carbocycles. The van der Waals surface area contributed by atoms with Crippen LogP contribution in [0.1, 0.15) is 18.9 Å². The first-order valence-electron chi connectivity index (χ1n) is 7.31. The van der Waals surface area contributed by atoms with Crippen LogP contribution in [0.15, 0.2) is 36.4 Å². The molecule has 0 bridgehead atoms. The molecule has 0 saturated carbocycles. The van der Waals surface area contributed by atoms with Gasteiger partial charge in [-0.3, -0.25) is 4.79 Å². The van der Waals surface area contributed by atoms with Gasteiger partial charge in [-0.15, -0.1) is 0 Å². The van der Waals surface area contributed by atoms with Crippen molar-refractivity contribution >= 4 is 17.4 Å². The van der Waals surface area contributed by atoms with E-state index in [9.17, 15) is 4.79 Å². The maximum atomic E-state index is 12.1. The Morgan fingerprint density at radius 1 is 1.29 bits per heavy atom. The molecule has 3 rings (SSSR count). The first-order valence-corrected chi connectivity index (χ1v) is 7.31. The predicted molar refractivity (Wildman–Crippen MR) is 85.5 cm³/mol. The van der Waals surface area contributed by atoms with Crippen LogP contribution in [0.25, 0.3) is 11.3 Å². The molecular formula is C17H19N3O. The molecule has 0 unspecified atom stereocenters. The van der Waals surface area contributed by atoms with Crippen LogP contribution in [0, 0.1) is 6.92 Å². The second-order valence-electron chi connectivity index (χ2n) is 5.25. The van der Waals surface area contributed by atoms with Crippen LogP contribution in [-0.2, 0) is 4.79 Å². The lowest BCUT2D eigenvalue weighted by Gasteiger charge is -2.20. The van der Waals surface area contributed by atoms with Crippen LogP contribution in [0.2, 0.25) is 0 Å². The summed E-state index contributed by atoms with van der Waals surface area (Å²) in [5.74, 6) is 0.940. The molecule has 4 heteroatoms. The smallest absolute Gasteiger partial charge is 0.228 e. The molecule has 2 aromatic rings. The van der Waals surface area contributed by atoms with E-state index in [0.717, 1.165) is 22.8 Å². The van der Waals surface area contributed by atoms with Gasteiger partial charge in [0.25, 0.3) is 0 Å². The van der Waals surface area contributed by atoms with Crippen LogP contribution in [0.3, 0.4) is 0 Å². The molecule has 108 valence electrons. The van der Waals surface area contributed by atoms with Gasteiger partial charge in [0.2, 0.25) is 5.91 Å². The molecule has 1 N–H and O–H groups in total. The summed E-state index contributed by atoms with van der Waals surface area (Å²) in [5.41, 5.74) is 4.10. The molecule has 0 spiro atoms. The number of pyridine rings is 1. The SMILES string of the molecule is CCN1C(=O)CCNc2nc(-c3cccc(C)c3)ccc21. The Morgan fingerprint density at radius 2 is 2.14 bits per heavy atom. The third-order valence-corrected chi connectivity index (χ3v) is 3.73. The van der Waals surface area contributed by atoms with E-state index in [1.165, 1.54) is 5.56 Å². The molecule has 1 aliphatic rings. The Morgan fingerprint density at radius 3 is 2.90 bits per heavy atom. The maximum absolute atomic E-state index is 12.1. The van der Waals surface area contributed by atoms with Gasteiger partial charge in [0.15, 0.2) is 5.82 Å². The topological polar surface area (TPSA) is 45.2 Å². The van der Waals surface area contributed by atoms with Crippen LogP contribution < -0.4 is 10.2 Å². The molecule has 4 nitrogen and oxygen atoms in total. The number of aryl methyl sites for hydroxylation is 1. The van der Waals surface area contributed by atoms with Crippen molar-refractivity contribution in [3.8, 4) is 11.3 Å². The largest absolute Gasteiger partial charge is 0.368 e. The highest BCUT2D eigenvalue weighted by atomic mass is 16.2. The number of carbonyl (C=O) groups is 1. The third kappa shape index (κ3) is 2.61. The molecule has 0 atom stereocenters. The van der Waals surface area contributed by atoms with E-state index in [-0.39, 0.29) is 5.91 Å². The van der Waals surface area contributed by atoms with E-state index in [1.54, 1.807) is 4.90 Å². The molecule has 1 aromatic heterocycles. The van der Waals surface area contributed by atoms with E-state index < -0.39 is 0 Å². The number of fused-ring (bicyclic) bond motifs is 1. The Kier molecular flexibility index (Phi) is 3.60. The number of hydrogen-bond donors (Lipinski definition) is 1. The van der Waals surface area contributed by atoms with E-state index >= 15 is 0 Å². The van der Waals surface area contributed by atoms with Crippen LogP contribution >= 0.6 is 0 Å². The van der Waals surface area contributed by atoms with Gasteiger partial charge in [0.05, 0.1) is 11.4 Å². The summed E-state index contributed by atoms with van der Waals surface area (Å²) in [6.07, 6.45) is 0.504. The van der Waals surface area contributed by atoms with Crippen LogP contribution in [0.5, 0.6) is 0 Å². The summed E-state index contributed by atoms with van der Waals surface area (Å²) < 4.78 is 0. The number of aromatic nitrogens is 1. The summed E-state index contributed by atoms with van der Waals surface area (Å²) in [6.45, 7) is 5.36. The number of nitrogens with zero attached hydrogens (tertiary/aromatic N) is 2. The molecular weight excluding hydrogens is 262 g/mol. The maximum Gasteiger partial charge on any atom is 0.228 e. The van der Waals surface area contributed by atoms with Crippen molar-refractivity contribution in [3.63, 3.8) is 0 Å². The number of hydrogen-bond acceptors (Lipinski definition) is 3. The number of rotatable bonds is 2. The molecule has 21 heavy (non-hydrogen) atoms. The summed E-state index contributed by atoms with van der Waals surface area (Å²) in [5, 5.41) is 3.27. The minimum absolute atomic E-state index is 0.147. The molecule has 1 aromatic carbocycles. The van der Waals surface area contributed by atoms with Crippen LogP contribution in [0.4, 0.5) is 11.5 Å². The predicted octanol–water partition coefficient (Wildman–Crippen LogP) is 3.23. The van der Waals surface area contributed by atoms with Crippen molar-refractivity contribution in [2.24, 2.45) is 0 Å². The zero-order chi connectivity index (χ0) is 14.8. The zero-order valence-electron chi connectivity index (χ0n) is 12.4. The molecule has 0 radical (unpaired) electrons. The third-order valence-electron chi connectivity index (χ3n) is 3.73. The Hall–Kier alpha value is -2.36. The van der Waals surface area contributed by atoms with Gasteiger partial charge in [0, 0.05) is 25.1 Å². The van der Waals surface area contributed by atoms with Crippen molar-refractivity contribution < 1.29 is 4.79 Å². The fourth-order valence-electron chi connectivity index (χ4n) is 2.67. The first-order chi connectivity index (χ1) is 10.2. The van der Waals surface area contributed by atoms with Gasteiger partial charge in [-0.2, -0.15) is 0 Å². The van der Waals surface area contributed by atoms with E-state index in [2.05, 4.69) is 30.4 Å². The van der Waals surface area contributed by atoms with E-state index in [0.29, 0.717) is 19.5 Å². The highest BCUT2D eigenvalue weighted by Crippen LogP contribution is 2.30. The van der Waals surface area contributed by atoms with Gasteiger partial charge >= 0.3 is 0 Å². The quantitative estimate of drug-likeness (QED) is 0.919. The average molecular weight is 281 g/mol. The second kappa shape index (κ2) is 5.56. The average Bonchev–Trinajstić information content (AvgIpc) is 2.64. The van der Waals surface area contributed by atoms with Crippen molar-refractivity contribution in [3.05, 3.63) is 42.0 Å². The number of nitrogens with one attached hydrogen (secondary N) is 1. The van der Waals surface area contributed by atoms with Crippen molar-refractivity contribution in [2.75, 3.05) is 23.3 Å². The first kappa shape index (κ1) is 13.6. The standard InChI is InChI=1S/C17H19N3O/c1-3-20-15-8-7-14(13-6-4-5-12(2)11-13)19-17(15)18-10-9-16(20)21/h4-8,11H,3,9-10H2,1-2H3,(H,18,19). The van der Waals surface area contributed by atoms with Crippen molar-refractivity contribution in [1.29, 1.82) is 0 Å². The summed E-state index contributed by atoms with van der Waals surface area (Å²) in [7, 11) is 0. The van der Waals surface area contributed by atoms with Gasteiger partial charge < -0.3 is 10.2 Å². The van der Waals surface area contributed by atoms with Gasteiger partial charge in [-0.25, -0.2) is 4.98 Å². The van der Waals surface area contributed by atoms with E-state index in [4.69, 9.17) is 4.98 Å². The van der Waals surface area contributed by atoms with Crippen molar-refractivity contribution in [1.82, 2.24) is 4.98 Å². The highest BCUT2D eigenvalue weighted by molar-refractivity contribution is 5.97. The minimum atomic E-state index is 0.147. The lowest BCUT2D eigenvalue weighted by Crippen LogP contribution is -2.29. The normalized spacial score (nSPS) is 14.4. The lowest BCUT2D eigenvalue weighted by molar-refractivity contribution is -0.118. The molecule has 0 fully saturated rings. The zero-order valence-corrected chi connectivity index (χ0v) is 12.4. The molecule has 1 aliphatic heterocycles. The van der Waals surface area contributed by atoms with E-state index in [1.807, 2.05) is 25.1 Å². The van der Waals surface area contributed by atoms with Crippen LogP contribution in [-0.4, -0.2) is 24.0 Å². The lowest BCUT2D eigenvalue weighted by atomic mass is 10.1. The second-order valence-corrected chi connectivity index (χ2v) is 5.25. The number of carbonyl (C=O) groups excluding carboxylic acids is 1. The Labute approximate surface area is 124 Å². The summed E-state index contributed by atoms with van der Waals surface area (Å²) >= 11 is 0. The Balaban J connectivity index is 2.05. The van der Waals surface area contributed by atoms with Gasteiger partial charge in [0.1, 0.15) is 0 Å². The highest BCUT2D eigenvalue weighted by Gasteiger charge is 2.21. The molecule has 2 heterocycles.